The first-order valence-electron chi connectivity index (χ1n) is 6.70. The molecule has 1 fully saturated rings. The van der Waals surface area contributed by atoms with Gasteiger partial charge in [0.05, 0.1) is 32.3 Å². The summed E-state index contributed by atoms with van der Waals surface area (Å²) in [4.78, 5) is 0. The molecule has 19 heavy (non-hydrogen) atoms. The van der Waals surface area contributed by atoms with E-state index in [0.29, 0.717) is 19.6 Å². The predicted octanol–water partition coefficient (Wildman–Crippen LogP) is 3.02. The van der Waals surface area contributed by atoms with Gasteiger partial charge in [0.1, 0.15) is 5.75 Å². The molecule has 1 aromatic rings. The molecule has 1 aliphatic heterocycles. The van der Waals surface area contributed by atoms with Gasteiger partial charge >= 0.3 is 0 Å². The summed E-state index contributed by atoms with van der Waals surface area (Å²) >= 11 is 0. The molecule has 102 valence electrons. The SMILES string of the molecule is N#CCCOCc1ccc(OC2CCCCO2)cc1. The normalized spacial score (nSPS) is 18.8. The minimum absolute atomic E-state index is 0.105. The fourth-order valence-electron chi connectivity index (χ4n) is 1.93. The fraction of sp³-hybridized carbons (Fsp3) is 0.533. The molecule has 0 spiro atoms. The second-order valence-electron chi connectivity index (χ2n) is 4.52. The number of ether oxygens (including phenoxy) is 3. The summed E-state index contributed by atoms with van der Waals surface area (Å²) in [6.45, 7) is 1.79. The predicted molar refractivity (Wildman–Crippen MR) is 70.5 cm³/mol. The van der Waals surface area contributed by atoms with Crippen LogP contribution in [0.5, 0.6) is 5.75 Å². The third-order valence-corrected chi connectivity index (χ3v) is 2.96. The van der Waals surface area contributed by atoms with Gasteiger partial charge in [0.25, 0.3) is 0 Å². The molecule has 0 bridgehead atoms. The van der Waals surface area contributed by atoms with Crippen molar-refractivity contribution < 1.29 is 14.2 Å². The lowest BCUT2D eigenvalue weighted by Gasteiger charge is -2.23. The van der Waals surface area contributed by atoms with Crippen molar-refractivity contribution in [3.63, 3.8) is 0 Å². The summed E-state index contributed by atoms with van der Waals surface area (Å²) in [6, 6.07) is 9.87. The largest absolute Gasteiger partial charge is 0.465 e. The standard InChI is InChI=1S/C15H19NO3/c16-9-3-10-17-12-13-5-7-14(8-6-13)19-15-4-1-2-11-18-15/h5-8,15H,1-4,10-12H2. The zero-order valence-corrected chi connectivity index (χ0v) is 11.0. The Bertz CT molecular complexity index is 404. The van der Waals surface area contributed by atoms with E-state index < -0.39 is 0 Å². The summed E-state index contributed by atoms with van der Waals surface area (Å²) in [7, 11) is 0. The van der Waals surface area contributed by atoms with Crippen molar-refractivity contribution >= 4 is 0 Å². The quantitative estimate of drug-likeness (QED) is 0.739. The van der Waals surface area contributed by atoms with Crippen molar-refractivity contribution in [1.29, 1.82) is 5.26 Å². The van der Waals surface area contributed by atoms with Gasteiger partial charge in [-0.3, -0.25) is 0 Å². The second kappa shape index (κ2) is 7.78. The fourth-order valence-corrected chi connectivity index (χ4v) is 1.93. The Kier molecular flexibility index (Phi) is 5.67. The van der Waals surface area contributed by atoms with Crippen LogP contribution in [0.4, 0.5) is 0 Å². The number of hydrogen-bond acceptors (Lipinski definition) is 4. The highest BCUT2D eigenvalue weighted by molar-refractivity contribution is 5.27. The van der Waals surface area contributed by atoms with Crippen molar-refractivity contribution in [2.75, 3.05) is 13.2 Å². The van der Waals surface area contributed by atoms with Crippen LogP contribution in [0.15, 0.2) is 24.3 Å². The molecule has 0 amide bonds. The molecule has 4 nitrogen and oxygen atoms in total. The number of nitriles is 1. The van der Waals surface area contributed by atoms with Crippen LogP contribution in [-0.4, -0.2) is 19.5 Å². The molecule has 2 rings (SSSR count). The Balaban J connectivity index is 1.76. The minimum Gasteiger partial charge on any atom is -0.465 e. The summed E-state index contributed by atoms with van der Waals surface area (Å²) in [5.41, 5.74) is 1.08. The van der Waals surface area contributed by atoms with Gasteiger partial charge in [0.15, 0.2) is 6.29 Å². The Morgan fingerprint density at radius 1 is 1.26 bits per heavy atom. The van der Waals surface area contributed by atoms with E-state index in [1.165, 1.54) is 0 Å². The lowest BCUT2D eigenvalue weighted by molar-refractivity contribution is -0.105. The van der Waals surface area contributed by atoms with Gasteiger partial charge in [-0.15, -0.1) is 0 Å². The van der Waals surface area contributed by atoms with Gasteiger partial charge in [0, 0.05) is 6.42 Å². The first-order valence-corrected chi connectivity index (χ1v) is 6.70. The molecule has 0 aliphatic carbocycles. The monoisotopic (exact) mass is 261 g/mol. The number of hydrogen-bond donors (Lipinski definition) is 0. The van der Waals surface area contributed by atoms with Crippen molar-refractivity contribution in [2.24, 2.45) is 0 Å². The van der Waals surface area contributed by atoms with Crippen LogP contribution in [0, 0.1) is 11.3 Å². The molecule has 1 atom stereocenters. The van der Waals surface area contributed by atoms with Crippen molar-refractivity contribution in [3.8, 4) is 11.8 Å². The van der Waals surface area contributed by atoms with E-state index in [0.717, 1.165) is 37.2 Å². The highest BCUT2D eigenvalue weighted by atomic mass is 16.7. The van der Waals surface area contributed by atoms with Gasteiger partial charge in [-0.2, -0.15) is 5.26 Å². The Hall–Kier alpha value is -1.57. The third-order valence-electron chi connectivity index (χ3n) is 2.96. The molecule has 0 saturated carbocycles. The van der Waals surface area contributed by atoms with Crippen LogP contribution >= 0.6 is 0 Å². The van der Waals surface area contributed by atoms with Crippen molar-refractivity contribution in [1.82, 2.24) is 0 Å². The zero-order valence-electron chi connectivity index (χ0n) is 11.0. The summed E-state index contributed by atoms with van der Waals surface area (Å²) in [5, 5.41) is 8.40. The molecular weight excluding hydrogens is 242 g/mol. The number of rotatable bonds is 6. The van der Waals surface area contributed by atoms with Gasteiger partial charge in [-0.25, -0.2) is 0 Å². The average molecular weight is 261 g/mol. The highest BCUT2D eigenvalue weighted by Crippen LogP contribution is 2.19. The molecule has 1 heterocycles. The van der Waals surface area contributed by atoms with Crippen LogP contribution in [0.3, 0.4) is 0 Å². The van der Waals surface area contributed by atoms with Gasteiger partial charge in [0.2, 0.25) is 0 Å². The smallest absolute Gasteiger partial charge is 0.199 e. The van der Waals surface area contributed by atoms with E-state index in [4.69, 9.17) is 19.5 Å². The van der Waals surface area contributed by atoms with Crippen LogP contribution in [0.1, 0.15) is 31.2 Å². The highest BCUT2D eigenvalue weighted by Gasteiger charge is 2.14. The molecule has 1 saturated heterocycles. The molecule has 4 heteroatoms. The number of nitrogens with zero attached hydrogens (tertiary/aromatic N) is 1. The van der Waals surface area contributed by atoms with Crippen LogP contribution in [0.25, 0.3) is 0 Å². The van der Waals surface area contributed by atoms with E-state index in [9.17, 15) is 0 Å². The van der Waals surface area contributed by atoms with Crippen molar-refractivity contribution in [3.05, 3.63) is 29.8 Å². The second-order valence-corrected chi connectivity index (χ2v) is 4.52. The Labute approximate surface area is 113 Å². The van der Waals surface area contributed by atoms with E-state index in [1.54, 1.807) is 0 Å². The topological polar surface area (TPSA) is 51.5 Å². The number of benzene rings is 1. The van der Waals surface area contributed by atoms with Gasteiger partial charge in [-0.1, -0.05) is 12.1 Å². The van der Waals surface area contributed by atoms with Crippen LogP contribution in [0.2, 0.25) is 0 Å². The first kappa shape index (κ1) is 13.9. The summed E-state index contributed by atoms with van der Waals surface area (Å²) in [5.74, 6) is 0.827. The molecule has 0 radical (unpaired) electrons. The molecular formula is C15H19NO3. The average Bonchev–Trinajstić information content (AvgIpc) is 2.46. The molecule has 0 aromatic heterocycles. The summed E-state index contributed by atoms with van der Waals surface area (Å²) < 4.78 is 16.6. The van der Waals surface area contributed by atoms with Crippen LogP contribution < -0.4 is 4.74 Å². The van der Waals surface area contributed by atoms with E-state index in [-0.39, 0.29) is 6.29 Å². The lowest BCUT2D eigenvalue weighted by Crippen LogP contribution is -2.24. The zero-order chi connectivity index (χ0) is 13.3. The van der Waals surface area contributed by atoms with Gasteiger partial charge in [-0.05, 0) is 30.5 Å². The first-order chi connectivity index (χ1) is 9.38. The molecule has 1 aromatic carbocycles. The maximum Gasteiger partial charge on any atom is 0.199 e. The van der Waals surface area contributed by atoms with Crippen molar-refractivity contribution in [2.45, 2.75) is 38.6 Å². The third kappa shape index (κ3) is 4.90. The Morgan fingerprint density at radius 2 is 2.11 bits per heavy atom. The van der Waals surface area contributed by atoms with Crippen LogP contribution in [-0.2, 0) is 16.1 Å². The Morgan fingerprint density at radius 3 is 2.79 bits per heavy atom. The summed E-state index contributed by atoms with van der Waals surface area (Å²) in [6.07, 6.45) is 3.57. The van der Waals surface area contributed by atoms with Gasteiger partial charge < -0.3 is 14.2 Å². The lowest BCUT2D eigenvalue weighted by atomic mass is 10.2. The van der Waals surface area contributed by atoms with E-state index >= 15 is 0 Å². The maximum atomic E-state index is 8.40. The molecule has 0 N–H and O–H groups in total. The minimum atomic E-state index is -0.105. The maximum absolute atomic E-state index is 8.40. The molecule has 1 aliphatic rings. The molecule has 1 unspecified atom stereocenters. The van der Waals surface area contributed by atoms with E-state index in [2.05, 4.69) is 0 Å². The van der Waals surface area contributed by atoms with E-state index in [1.807, 2.05) is 30.3 Å².